The molecule has 0 aliphatic heterocycles. The van der Waals surface area contributed by atoms with Crippen molar-refractivity contribution in [3.63, 3.8) is 0 Å². The van der Waals surface area contributed by atoms with Crippen LogP contribution in [0.25, 0.3) is 0 Å². The molecule has 3 aromatic rings. The highest BCUT2D eigenvalue weighted by atomic mass is 16.4. The monoisotopic (exact) mass is 418 g/mol. The molecule has 2 aromatic heterocycles. The van der Waals surface area contributed by atoms with Crippen LogP contribution in [0.2, 0.25) is 0 Å². The summed E-state index contributed by atoms with van der Waals surface area (Å²) in [5, 5.41) is 17.1. The third-order valence-corrected chi connectivity index (χ3v) is 2.76. The Kier molecular flexibility index (Phi) is 7.94. The molecule has 0 saturated heterocycles. The fourth-order valence-corrected chi connectivity index (χ4v) is 1.71. The molecule has 0 saturated carbocycles. The van der Waals surface area contributed by atoms with E-state index in [1.165, 1.54) is 24.3 Å². The number of hydrogen-bond donors (Lipinski definition) is 8. The lowest BCUT2D eigenvalue weighted by Gasteiger charge is -1.98. The minimum absolute atomic E-state index is 0.0417. The quantitative estimate of drug-likeness (QED) is 0.230. The van der Waals surface area contributed by atoms with E-state index >= 15 is 0 Å². The number of aromatic nitrogens is 6. The van der Waals surface area contributed by atoms with E-state index in [4.69, 9.17) is 44.6 Å². The van der Waals surface area contributed by atoms with E-state index in [0.717, 1.165) is 0 Å². The second-order valence-electron chi connectivity index (χ2n) is 4.98. The zero-order valence-corrected chi connectivity index (χ0v) is 15.2. The first-order valence-electron chi connectivity index (χ1n) is 7.60. The van der Waals surface area contributed by atoms with Gasteiger partial charge in [-0.3, -0.25) is 0 Å². The molecule has 0 amide bonds. The number of carbonyl (C=O) groups is 2. The number of aromatic carboxylic acids is 2. The van der Waals surface area contributed by atoms with Crippen LogP contribution in [0.4, 0.5) is 35.7 Å². The predicted molar refractivity (Wildman–Crippen MR) is 106 cm³/mol. The summed E-state index contributed by atoms with van der Waals surface area (Å²) in [7, 11) is 0. The largest absolute Gasteiger partial charge is 0.478 e. The molecular formula is C14H18N12O4. The highest BCUT2D eigenvalue weighted by Gasteiger charge is 2.13. The van der Waals surface area contributed by atoms with Gasteiger partial charge in [0.25, 0.3) is 0 Å². The van der Waals surface area contributed by atoms with Crippen LogP contribution in [0.15, 0.2) is 24.3 Å². The number of carboxylic acids is 2. The Labute approximate surface area is 168 Å². The fourth-order valence-electron chi connectivity index (χ4n) is 1.71. The maximum atomic E-state index is 10.5. The van der Waals surface area contributed by atoms with E-state index in [1.807, 2.05) is 0 Å². The predicted octanol–water partition coefficient (Wildman–Crippen LogP) is -1.68. The lowest BCUT2D eigenvalue weighted by atomic mass is 10.1. The van der Waals surface area contributed by atoms with Gasteiger partial charge in [0.05, 0.1) is 11.1 Å². The maximum absolute atomic E-state index is 10.5. The van der Waals surface area contributed by atoms with Crippen molar-refractivity contribution in [3.8, 4) is 0 Å². The van der Waals surface area contributed by atoms with Gasteiger partial charge in [-0.25, -0.2) is 9.59 Å². The fraction of sp³-hybridized carbons (Fsp3) is 0. The minimum Gasteiger partial charge on any atom is -0.478 e. The third kappa shape index (κ3) is 7.70. The van der Waals surface area contributed by atoms with E-state index < -0.39 is 11.9 Å². The summed E-state index contributed by atoms with van der Waals surface area (Å²) in [5.74, 6) is -2.21. The lowest BCUT2D eigenvalue weighted by molar-refractivity contribution is 0.0651. The molecule has 30 heavy (non-hydrogen) atoms. The molecule has 0 atom stereocenters. The number of carboxylic acid groups (broad SMARTS) is 2. The zero-order chi connectivity index (χ0) is 22.8. The molecule has 3 rings (SSSR count). The first-order valence-corrected chi connectivity index (χ1v) is 7.60. The van der Waals surface area contributed by atoms with Crippen molar-refractivity contribution in [3.05, 3.63) is 35.4 Å². The number of anilines is 6. The number of nitrogen functional groups attached to an aromatic ring is 6. The van der Waals surface area contributed by atoms with Gasteiger partial charge < -0.3 is 44.6 Å². The summed E-state index contributed by atoms with van der Waals surface area (Å²) in [6, 6.07) is 5.48. The standard InChI is InChI=1S/C8H6O4.2C3H6N6/c9-7(10)5-3-1-2-4-6(5)8(11)12;2*4-1-7-2(5)9-3(6)8-1/h1-4H,(H,9,10)(H,11,12);2*(H6,4,5,6,7,8,9). The zero-order valence-electron chi connectivity index (χ0n) is 15.2. The molecule has 2 heterocycles. The molecule has 0 unspecified atom stereocenters. The summed E-state index contributed by atoms with van der Waals surface area (Å²) >= 11 is 0. The van der Waals surface area contributed by atoms with E-state index in [0.29, 0.717) is 0 Å². The van der Waals surface area contributed by atoms with Gasteiger partial charge in [0.2, 0.25) is 35.7 Å². The molecule has 16 heteroatoms. The van der Waals surface area contributed by atoms with E-state index in [2.05, 4.69) is 29.9 Å². The smallest absolute Gasteiger partial charge is 0.336 e. The van der Waals surface area contributed by atoms with Crippen LogP contribution in [0.5, 0.6) is 0 Å². The average Bonchev–Trinajstić information content (AvgIpc) is 2.60. The lowest BCUT2D eigenvalue weighted by Crippen LogP contribution is -2.06. The van der Waals surface area contributed by atoms with Gasteiger partial charge in [0.15, 0.2) is 0 Å². The van der Waals surface area contributed by atoms with Gasteiger partial charge >= 0.3 is 11.9 Å². The summed E-state index contributed by atoms with van der Waals surface area (Å²) in [5.41, 5.74) is 30.4. The Morgan fingerprint density at radius 2 is 0.733 bits per heavy atom. The number of rotatable bonds is 2. The van der Waals surface area contributed by atoms with Crippen LogP contribution in [0.3, 0.4) is 0 Å². The van der Waals surface area contributed by atoms with Crippen LogP contribution < -0.4 is 34.4 Å². The van der Waals surface area contributed by atoms with Crippen molar-refractivity contribution in [1.82, 2.24) is 29.9 Å². The second-order valence-corrected chi connectivity index (χ2v) is 4.98. The summed E-state index contributed by atoms with van der Waals surface area (Å²) in [6.07, 6.45) is 0. The van der Waals surface area contributed by atoms with Gasteiger partial charge in [-0.05, 0) is 12.1 Å². The first-order chi connectivity index (χ1) is 14.0. The number of nitrogens with zero attached hydrogens (tertiary/aromatic N) is 6. The Morgan fingerprint density at radius 1 is 0.533 bits per heavy atom. The highest BCUT2D eigenvalue weighted by molar-refractivity contribution is 6.01. The Balaban J connectivity index is 0.000000229. The van der Waals surface area contributed by atoms with Crippen LogP contribution >= 0.6 is 0 Å². The number of benzene rings is 1. The minimum atomic E-state index is -1.23. The molecule has 14 N–H and O–H groups in total. The third-order valence-electron chi connectivity index (χ3n) is 2.76. The molecule has 16 nitrogen and oxygen atoms in total. The van der Waals surface area contributed by atoms with E-state index in [1.54, 1.807) is 0 Å². The van der Waals surface area contributed by atoms with Crippen molar-refractivity contribution in [1.29, 1.82) is 0 Å². The van der Waals surface area contributed by atoms with Crippen LogP contribution in [0.1, 0.15) is 20.7 Å². The second kappa shape index (κ2) is 10.3. The van der Waals surface area contributed by atoms with E-state index in [9.17, 15) is 9.59 Å². The van der Waals surface area contributed by atoms with Crippen molar-refractivity contribution >= 4 is 47.6 Å². The molecule has 0 spiro atoms. The molecule has 0 aliphatic rings. The summed E-state index contributed by atoms with van der Waals surface area (Å²) in [6.45, 7) is 0. The highest BCUT2D eigenvalue weighted by Crippen LogP contribution is 2.07. The SMILES string of the molecule is Nc1nc(N)nc(N)n1.Nc1nc(N)nc(N)n1.O=C(O)c1ccccc1C(=O)O. The van der Waals surface area contributed by atoms with E-state index in [-0.39, 0.29) is 46.8 Å². The van der Waals surface area contributed by atoms with Crippen molar-refractivity contribution in [2.24, 2.45) is 0 Å². The van der Waals surface area contributed by atoms with Crippen LogP contribution in [0, 0.1) is 0 Å². The van der Waals surface area contributed by atoms with Crippen molar-refractivity contribution < 1.29 is 19.8 Å². The van der Waals surface area contributed by atoms with Gasteiger partial charge in [-0.1, -0.05) is 12.1 Å². The molecule has 158 valence electrons. The number of nitrogens with two attached hydrogens (primary N) is 6. The van der Waals surface area contributed by atoms with Crippen LogP contribution in [-0.4, -0.2) is 52.1 Å². The topological polar surface area (TPSA) is 308 Å². The van der Waals surface area contributed by atoms with Gasteiger partial charge in [0.1, 0.15) is 0 Å². The maximum Gasteiger partial charge on any atom is 0.336 e. The van der Waals surface area contributed by atoms with Gasteiger partial charge in [-0.2, -0.15) is 29.9 Å². The Bertz CT molecular complexity index is 862. The molecule has 0 bridgehead atoms. The molecule has 0 fully saturated rings. The molecule has 0 aliphatic carbocycles. The molecular weight excluding hydrogens is 400 g/mol. The van der Waals surface area contributed by atoms with Crippen LogP contribution in [-0.2, 0) is 0 Å². The number of hydrogen-bond acceptors (Lipinski definition) is 14. The summed E-state index contributed by atoms with van der Waals surface area (Å²) in [4.78, 5) is 41.9. The molecule has 0 radical (unpaired) electrons. The van der Waals surface area contributed by atoms with Crippen molar-refractivity contribution in [2.75, 3.05) is 34.4 Å². The van der Waals surface area contributed by atoms with Crippen molar-refractivity contribution in [2.45, 2.75) is 0 Å². The van der Waals surface area contributed by atoms with Gasteiger partial charge in [-0.15, -0.1) is 0 Å². The first kappa shape index (κ1) is 23.0. The summed E-state index contributed by atoms with van der Waals surface area (Å²) < 4.78 is 0. The van der Waals surface area contributed by atoms with Gasteiger partial charge in [0, 0.05) is 0 Å². The average molecular weight is 418 g/mol. The molecule has 1 aromatic carbocycles. The Morgan fingerprint density at radius 3 is 0.900 bits per heavy atom. The Hall–Kier alpha value is -5.02. The normalized spacial score (nSPS) is 9.33.